The molecule has 0 bridgehead atoms. The van der Waals surface area contributed by atoms with Gasteiger partial charge in [0.15, 0.2) is 0 Å². The first kappa shape index (κ1) is 12.9. The van der Waals surface area contributed by atoms with Gasteiger partial charge in [0.2, 0.25) is 0 Å². The number of aryl methyl sites for hydroxylation is 1. The maximum atomic E-state index is 11.5. The van der Waals surface area contributed by atoms with Crippen LogP contribution in [0.3, 0.4) is 0 Å². The summed E-state index contributed by atoms with van der Waals surface area (Å²) in [4.78, 5) is 19.8. The number of hydrogen-bond donors (Lipinski definition) is 2. The van der Waals surface area contributed by atoms with Crippen LogP contribution in [0.5, 0.6) is 0 Å². The molecular weight excluding hydrogens is 246 g/mol. The second-order valence-corrected chi connectivity index (χ2v) is 3.96. The minimum atomic E-state index is -0.486. The van der Waals surface area contributed by atoms with Crippen molar-refractivity contribution in [1.82, 2.24) is 14.5 Å². The molecule has 0 aromatic carbocycles. The third kappa shape index (κ3) is 2.82. The van der Waals surface area contributed by atoms with Crippen LogP contribution in [-0.2, 0) is 18.3 Å². The van der Waals surface area contributed by atoms with Crippen LogP contribution in [0.1, 0.15) is 16.2 Å². The van der Waals surface area contributed by atoms with Crippen LogP contribution in [-0.4, -0.2) is 27.6 Å². The molecule has 2 aromatic rings. The summed E-state index contributed by atoms with van der Waals surface area (Å²) in [6.07, 6.45) is 4.99. The standard InChI is InChI=1S/C12H15N5O2/c1-17-4-3-14-11(17)7-16-10-5-8(12(18)19-2)9(13)6-15-10/h3-6H,7,13H2,1-2H3,(H,15,16). The number of carbonyl (C=O) groups is 1. The van der Waals surface area contributed by atoms with Crippen LogP contribution >= 0.6 is 0 Å². The smallest absolute Gasteiger partial charge is 0.340 e. The normalized spacial score (nSPS) is 10.2. The van der Waals surface area contributed by atoms with E-state index in [0.29, 0.717) is 17.9 Å². The molecule has 2 rings (SSSR count). The Morgan fingerprint density at radius 1 is 1.53 bits per heavy atom. The summed E-state index contributed by atoms with van der Waals surface area (Å²) in [5, 5.41) is 3.08. The number of methoxy groups -OCH3 is 1. The average Bonchev–Trinajstić information content (AvgIpc) is 2.82. The Morgan fingerprint density at radius 3 is 2.95 bits per heavy atom. The third-order valence-electron chi connectivity index (χ3n) is 2.69. The Balaban J connectivity index is 2.13. The van der Waals surface area contributed by atoms with Gasteiger partial charge in [0.05, 0.1) is 31.1 Å². The van der Waals surface area contributed by atoms with E-state index >= 15 is 0 Å². The maximum Gasteiger partial charge on any atom is 0.340 e. The van der Waals surface area contributed by atoms with E-state index in [-0.39, 0.29) is 5.69 Å². The molecule has 19 heavy (non-hydrogen) atoms. The van der Waals surface area contributed by atoms with Crippen LogP contribution in [0.2, 0.25) is 0 Å². The lowest BCUT2D eigenvalue weighted by Gasteiger charge is -2.08. The van der Waals surface area contributed by atoms with E-state index < -0.39 is 5.97 Å². The van der Waals surface area contributed by atoms with Crippen LogP contribution in [0, 0.1) is 0 Å². The average molecular weight is 261 g/mol. The number of nitrogen functional groups attached to an aromatic ring is 1. The van der Waals surface area contributed by atoms with E-state index in [2.05, 4.69) is 20.0 Å². The van der Waals surface area contributed by atoms with E-state index in [1.165, 1.54) is 13.3 Å². The molecule has 0 saturated carbocycles. The summed E-state index contributed by atoms with van der Waals surface area (Å²) in [6.45, 7) is 0.501. The van der Waals surface area contributed by atoms with Gasteiger partial charge in [-0.05, 0) is 6.07 Å². The van der Waals surface area contributed by atoms with Gasteiger partial charge < -0.3 is 20.4 Å². The van der Waals surface area contributed by atoms with Gasteiger partial charge in [-0.3, -0.25) is 0 Å². The quantitative estimate of drug-likeness (QED) is 0.790. The van der Waals surface area contributed by atoms with Crippen molar-refractivity contribution in [2.45, 2.75) is 6.54 Å². The number of nitrogens with zero attached hydrogens (tertiary/aromatic N) is 3. The van der Waals surface area contributed by atoms with Gasteiger partial charge in [0.25, 0.3) is 0 Å². The minimum absolute atomic E-state index is 0.286. The number of esters is 1. The molecule has 0 aliphatic heterocycles. The number of aromatic nitrogens is 3. The summed E-state index contributed by atoms with van der Waals surface area (Å²) in [7, 11) is 3.21. The Kier molecular flexibility index (Phi) is 3.65. The molecule has 0 radical (unpaired) electrons. The number of nitrogens with one attached hydrogen (secondary N) is 1. The molecule has 0 spiro atoms. The fourth-order valence-electron chi connectivity index (χ4n) is 1.59. The molecule has 2 heterocycles. The number of anilines is 2. The minimum Gasteiger partial charge on any atom is -0.465 e. The SMILES string of the molecule is COC(=O)c1cc(NCc2nccn2C)ncc1N. The van der Waals surface area contributed by atoms with Crippen molar-refractivity contribution < 1.29 is 9.53 Å². The van der Waals surface area contributed by atoms with Gasteiger partial charge in [-0.25, -0.2) is 14.8 Å². The second kappa shape index (κ2) is 5.38. The molecule has 0 fully saturated rings. The lowest BCUT2D eigenvalue weighted by molar-refractivity contribution is 0.0602. The zero-order valence-electron chi connectivity index (χ0n) is 10.8. The molecule has 7 nitrogen and oxygen atoms in total. The van der Waals surface area contributed by atoms with Crippen molar-refractivity contribution >= 4 is 17.5 Å². The largest absolute Gasteiger partial charge is 0.465 e. The molecule has 0 aliphatic carbocycles. The number of carbonyl (C=O) groups excluding carboxylic acids is 1. The van der Waals surface area contributed by atoms with E-state index in [0.717, 1.165) is 5.82 Å². The van der Waals surface area contributed by atoms with Crippen LogP contribution in [0.25, 0.3) is 0 Å². The highest BCUT2D eigenvalue weighted by Gasteiger charge is 2.11. The molecule has 0 atom stereocenters. The van der Waals surface area contributed by atoms with Crippen molar-refractivity contribution in [3.63, 3.8) is 0 Å². The molecule has 0 amide bonds. The zero-order chi connectivity index (χ0) is 13.8. The van der Waals surface area contributed by atoms with Crippen molar-refractivity contribution in [2.75, 3.05) is 18.2 Å². The van der Waals surface area contributed by atoms with E-state index in [9.17, 15) is 4.79 Å². The highest BCUT2D eigenvalue weighted by molar-refractivity contribution is 5.95. The van der Waals surface area contributed by atoms with Crippen LogP contribution in [0.4, 0.5) is 11.5 Å². The van der Waals surface area contributed by atoms with Gasteiger partial charge in [0, 0.05) is 19.4 Å². The van der Waals surface area contributed by atoms with Crippen molar-refractivity contribution in [1.29, 1.82) is 0 Å². The van der Waals surface area contributed by atoms with Crippen LogP contribution in [0.15, 0.2) is 24.7 Å². The zero-order valence-corrected chi connectivity index (χ0v) is 10.8. The fourth-order valence-corrected chi connectivity index (χ4v) is 1.59. The van der Waals surface area contributed by atoms with E-state index in [1.807, 2.05) is 17.8 Å². The number of ether oxygens (including phenoxy) is 1. The number of imidazole rings is 1. The summed E-state index contributed by atoms with van der Waals surface area (Å²) in [5.41, 5.74) is 6.25. The lowest BCUT2D eigenvalue weighted by Crippen LogP contribution is -2.10. The Labute approximate surface area is 110 Å². The monoisotopic (exact) mass is 261 g/mol. The first-order valence-corrected chi connectivity index (χ1v) is 5.65. The fraction of sp³-hybridized carbons (Fsp3) is 0.250. The van der Waals surface area contributed by atoms with Gasteiger partial charge in [0.1, 0.15) is 11.6 Å². The molecule has 100 valence electrons. The van der Waals surface area contributed by atoms with Gasteiger partial charge in [-0.15, -0.1) is 0 Å². The molecule has 7 heteroatoms. The lowest BCUT2D eigenvalue weighted by atomic mass is 10.2. The molecule has 0 saturated heterocycles. The molecular formula is C12H15N5O2. The van der Waals surface area contributed by atoms with Crippen LogP contribution < -0.4 is 11.1 Å². The number of pyridine rings is 1. The predicted octanol–water partition coefficient (Wildman–Crippen LogP) is 0.796. The molecule has 3 N–H and O–H groups in total. The van der Waals surface area contributed by atoms with Gasteiger partial charge >= 0.3 is 5.97 Å². The summed E-state index contributed by atoms with van der Waals surface area (Å²) < 4.78 is 6.54. The Morgan fingerprint density at radius 2 is 2.32 bits per heavy atom. The van der Waals surface area contributed by atoms with E-state index in [1.54, 1.807) is 12.3 Å². The molecule has 0 unspecified atom stereocenters. The summed E-state index contributed by atoms with van der Waals surface area (Å²) in [5.74, 6) is 0.913. The van der Waals surface area contributed by atoms with Crippen molar-refractivity contribution in [3.8, 4) is 0 Å². The maximum absolute atomic E-state index is 11.5. The highest BCUT2D eigenvalue weighted by atomic mass is 16.5. The Hall–Kier alpha value is -2.57. The van der Waals surface area contributed by atoms with Crippen molar-refractivity contribution in [2.24, 2.45) is 7.05 Å². The topological polar surface area (TPSA) is 95.1 Å². The highest BCUT2D eigenvalue weighted by Crippen LogP contribution is 2.16. The van der Waals surface area contributed by atoms with Gasteiger partial charge in [-0.2, -0.15) is 0 Å². The number of nitrogens with two attached hydrogens (primary N) is 1. The van der Waals surface area contributed by atoms with E-state index in [4.69, 9.17) is 5.73 Å². The number of hydrogen-bond acceptors (Lipinski definition) is 6. The predicted molar refractivity (Wildman–Crippen MR) is 70.5 cm³/mol. The summed E-state index contributed by atoms with van der Waals surface area (Å²) in [6, 6.07) is 1.56. The molecule has 2 aromatic heterocycles. The third-order valence-corrected chi connectivity index (χ3v) is 2.69. The Bertz CT molecular complexity index is 594. The molecule has 0 aliphatic rings. The summed E-state index contributed by atoms with van der Waals surface area (Å²) >= 11 is 0. The first-order chi connectivity index (χ1) is 9.11. The first-order valence-electron chi connectivity index (χ1n) is 5.65. The van der Waals surface area contributed by atoms with Gasteiger partial charge in [-0.1, -0.05) is 0 Å². The second-order valence-electron chi connectivity index (χ2n) is 3.96. The van der Waals surface area contributed by atoms with Crippen molar-refractivity contribution in [3.05, 3.63) is 36.0 Å². The number of rotatable bonds is 4.